The Balaban J connectivity index is 1.50. The molecule has 0 unspecified atom stereocenters. The molecule has 0 aliphatic carbocycles. The van der Waals surface area contributed by atoms with E-state index in [2.05, 4.69) is 38.5 Å². The second-order valence-corrected chi connectivity index (χ2v) is 7.68. The van der Waals surface area contributed by atoms with E-state index in [9.17, 15) is 9.59 Å². The summed E-state index contributed by atoms with van der Waals surface area (Å²) in [5.74, 6) is -0.454. The number of nitrogens with one attached hydrogen (secondary N) is 2. The molecule has 168 valence electrons. The summed E-state index contributed by atoms with van der Waals surface area (Å²) in [7, 11) is 2.02. The van der Waals surface area contributed by atoms with E-state index in [1.165, 1.54) is 0 Å². The van der Waals surface area contributed by atoms with Crippen molar-refractivity contribution in [3.63, 3.8) is 0 Å². The number of nitrogens with zero attached hydrogens (tertiary/aromatic N) is 2. The number of carbonyl (C=O) groups is 2. The van der Waals surface area contributed by atoms with E-state index in [0.717, 1.165) is 22.0 Å². The Morgan fingerprint density at radius 2 is 1.85 bits per heavy atom. The summed E-state index contributed by atoms with van der Waals surface area (Å²) in [5, 5.41) is 6.94. The fourth-order valence-corrected chi connectivity index (χ4v) is 3.91. The van der Waals surface area contributed by atoms with Gasteiger partial charge in [-0.05, 0) is 54.4 Å². The molecule has 2 aromatic heterocycles. The van der Waals surface area contributed by atoms with E-state index in [4.69, 9.17) is 4.74 Å². The van der Waals surface area contributed by atoms with Crippen molar-refractivity contribution in [2.24, 2.45) is 7.05 Å². The molecule has 4 aromatic rings. The van der Waals surface area contributed by atoms with Gasteiger partial charge >= 0.3 is 12.0 Å². The van der Waals surface area contributed by atoms with Gasteiger partial charge < -0.3 is 19.9 Å². The number of urea groups is 1. The van der Waals surface area contributed by atoms with Gasteiger partial charge in [0.05, 0.1) is 12.2 Å². The van der Waals surface area contributed by atoms with Crippen LogP contribution >= 0.6 is 0 Å². The summed E-state index contributed by atoms with van der Waals surface area (Å²) in [5.41, 5.74) is 4.31. The molecule has 7 nitrogen and oxygen atoms in total. The number of hydrogen-bond acceptors (Lipinski definition) is 4. The molecule has 0 saturated heterocycles. The van der Waals surface area contributed by atoms with Crippen LogP contribution in [0.25, 0.3) is 10.9 Å². The highest BCUT2D eigenvalue weighted by atomic mass is 16.5. The SMILES string of the molecule is CCOC(=O)c1ccc(NC(=O)NC[C@@H](c2cccnc2)c2cn(C)c3ccccc23)cc1. The lowest BCUT2D eigenvalue weighted by atomic mass is 9.92. The molecule has 0 radical (unpaired) electrons. The van der Waals surface area contributed by atoms with Crippen LogP contribution in [0.5, 0.6) is 0 Å². The predicted molar refractivity (Wildman–Crippen MR) is 128 cm³/mol. The number of para-hydroxylation sites is 1. The van der Waals surface area contributed by atoms with Crippen LogP contribution in [-0.4, -0.2) is 34.7 Å². The highest BCUT2D eigenvalue weighted by Gasteiger charge is 2.20. The molecule has 4 rings (SSSR count). The first-order valence-corrected chi connectivity index (χ1v) is 10.8. The maximum Gasteiger partial charge on any atom is 0.338 e. The normalized spacial score (nSPS) is 11.7. The number of pyridine rings is 1. The van der Waals surface area contributed by atoms with Crippen LogP contribution in [0.2, 0.25) is 0 Å². The van der Waals surface area contributed by atoms with Gasteiger partial charge in [-0.2, -0.15) is 0 Å². The highest BCUT2D eigenvalue weighted by Crippen LogP contribution is 2.31. The van der Waals surface area contributed by atoms with Crippen molar-refractivity contribution < 1.29 is 14.3 Å². The number of carbonyl (C=O) groups excluding carboxylic acids is 2. The first kappa shape index (κ1) is 22.1. The molecule has 2 N–H and O–H groups in total. The van der Waals surface area contributed by atoms with Gasteiger partial charge in [-0.3, -0.25) is 4.98 Å². The van der Waals surface area contributed by atoms with Gasteiger partial charge in [0.15, 0.2) is 0 Å². The van der Waals surface area contributed by atoms with Crippen molar-refractivity contribution in [3.8, 4) is 0 Å². The van der Waals surface area contributed by atoms with Crippen LogP contribution in [0.4, 0.5) is 10.5 Å². The zero-order valence-corrected chi connectivity index (χ0v) is 18.6. The number of aryl methyl sites for hydroxylation is 1. The van der Waals surface area contributed by atoms with Crippen LogP contribution in [0, 0.1) is 0 Å². The number of aromatic nitrogens is 2. The summed E-state index contributed by atoms with van der Waals surface area (Å²) in [6.07, 6.45) is 5.68. The Hall–Kier alpha value is -4.13. The fraction of sp³-hybridized carbons (Fsp3) is 0.192. The number of esters is 1. The van der Waals surface area contributed by atoms with Crippen LogP contribution in [0.1, 0.15) is 34.3 Å². The quantitative estimate of drug-likeness (QED) is 0.406. The Morgan fingerprint density at radius 3 is 2.58 bits per heavy atom. The predicted octanol–water partition coefficient (Wildman–Crippen LogP) is 4.70. The minimum atomic E-state index is -0.386. The van der Waals surface area contributed by atoms with Crippen LogP contribution in [-0.2, 0) is 11.8 Å². The molecule has 0 fully saturated rings. The summed E-state index contributed by atoms with van der Waals surface area (Å²) < 4.78 is 7.08. The van der Waals surface area contributed by atoms with Gasteiger partial charge in [-0.15, -0.1) is 0 Å². The number of rotatable bonds is 7. The second kappa shape index (κ2) is 9.99. The largest absolute Gasteiger partial charge is 0.462 e. The number of benzene rings is 2. The summed E-state index contributed by atoms with van der Waals surface area (Å²) in [6, 6.07) is 18.4. The summed E-state index contributed by atoms with van der Waals surface area (Å²) in [6.45, 7) is 2.47. The summed E-state index contributed by atoms with van der Waals surface area (Å²) >= 11 is 0. The first-order chi connectivity index (χ1) is 16.1. The van der Waals surface area contributed by atoms with Gasteiger partial charge in [-0.1, -0.05) is 24.3 Å². The third-order valence-corrected chi connectivity index (χ3v) is 5.51. The molecule has 0 saturated carbocycles. The van der Waals surface area contributed by atoms with Gasteiger partial charge in [0, 0.05) is 54.7 Å². The van der Waals surface area contributed by atoms with Crippen molar-refractivity contribution in [1.82, 2.24) is 14.9 Å². The maximum atomic E-state index is 12.6. The zero-order valence-electron chi connectivity index (χ0n) is 18.6. The molecule has 0 aliphatic heterocycles. The average Bonchev–Trinajstić information content (AvgIpc) is 3.17. The highest BCUT2D eigenvalue weighted by molar-refractivity contribution is 5.92. The average molecular weight is 443 g/mol. The molecule has 7 heteroatoms. The van der Waals surface area contributed by atoms with Gasteiger partial charge in [0.2, 0.25) is 0 Å². The van der Waals surface area contributed by atoms with Crippen molar-refractivity contribution in [3.05, 3.63) is 95.9 Å². The van der Waals surface area contributed by atoms with Crippen molar-refractivity contribution in [2.75, 3.05) is 18.5 Å². The van der Waals surface area contributed by atoms with Crippen molar-refractivity contribution >= 4 is 28.6 Å². The molecule has 2 heterocycles. The molecular weight excluding hydrogens is 416 g/mol. The van der Waals surface area contributed by atoms with Gasteiger partial charge in [0.25, 0.3) is 0 Å². The standard InChI is InChI=1S/C26H26N4O3/c1-3-33-25(31)18-10-12-20(13-11-18)29-26(32)28-16-22(19-7-6-14-27-15-19)23-17-30(2)24-9-5-4-8-21(23)24/h4-15,17,22H,3,16H2,1-2H3,(H2,28,29,32)/t22-/m0/s1. The lowest BCUT2D eigenvalue weighted by Crippen LogP contribution is -2.32. The first-order valence-electron chi connectivity index (χ1n) is 10.8. The lowest BCUT2D eigenvalue weighted by Gasteiger charge is -2.18. The molecule has 2 amide bonds. The van der Waals surface area contributed by atoms with E-state index in [-0.39, 0.29) is 17.9 Å². The minimum Gasteiger partial charge on any atom is -0.462 e. The number of hydrogen-bond donors (Lipinski definition) is 2. The van der Waals surface area contributed by atoms with Crippen molar-refractivity contribution in [1.29, 1.82) is 0 Å². The number of anilines is 1. The third-order valence-electron chi connectivity index (χ3n) is 5.51. The number of amides is 2. The summed E-state index contributed by atoms with van der Waals surface area (Å²) in [4.78, 5) is 28.7. The number of fused-ring (bicyclic) bond motifs is 1. The van der Waals surface area contributed by atoms with Crippen LogP contribution < -0.4 is 10.6 Å². The van der Waals surface area contributed by atoms with Gasteiger partial charge in [0.1, 0.15) is 0 Å². The lowest BCUT2D eigenvalue weighted by molar-refractivity contribution is 0.0526. The third kappa shape index (κ3) is 5.03. The van der Waals surface area contributed by atoms with Crippen LogP contribution in [0.3, 0.4) is 0 Å². The van der Waals surface area contributed by atoms with E-state index in [1.807, 2.05) is 37.5 Å². The molecule has 0 bridgehead atoms. The van der Waals surface area contributed by atoms with Crippen LogP contribution in [0.15, 0.2) is 79.3 Å². The topological polar surface area (TPSA) is 85.2 Å². The smallest absolute Gasteiger partial charge is 0.338 e. The Labute approximate surface area is 192 Å². The minimum absolute atomic E-state index is 0.0678. The van der Waals surface area contributed by atoms with E-state index in [1.54, 1.807) is 37.4 Å². The Kier molecular flexibility index (Phi) is 6.69. The number of ether oxygens (including phenoxy) is 1. The van der Waals surface area contributed by atoms with E-state index < -0.39 is 0 Å². The Bertz CT molecular complexity index is 1250. The van der Waals surface area contributed by atoms with E-state index in [0.29, 0.717) is 24.4 Å². The van der Waals surface area contributed by atoms with E-state index >= 15 is 0 Å². The molecule has 2 aromatic carbocycles. The Morgan fingerprint density at radius 1 is 1.06 bits per heavy atom. The fourth-order valence-electron chi connectivity index (χ4n) is 3.91. The van der Waals surface area contributed by atoms with Crippen molar-refractivity contribution in [2.45, 2.75) is 12.8 Å². The monoisotopic (exact) mass is 442 g/mol. The molecule has 0 spiro atoms. The molecule has 1 atom stereocenters. The van der Waals surface area contributed by atoms with Gasteiger partial charge in [-0.25, -0.2) is 9.59 Å². The maximum absolute atomic E-state index is 12.6. The zero-order chi connectivity index (χ0) is 23.2. The second-order valence-electron chi connectivity index (χ2n) is 7.68. The molecule has 33 heavy (non-hydrogen) atoms. The molecular formula is C26H26N4O3. The molecule has 0 aliphatic rings.